The topological polar surface area (TPSA) is 78.4 Å². The van der Waals surface area contributed by atoms with Crippen LogP contribution in [0.1, 0.15) is 24.1 Å². The smallest absolute Gasteiger partial charge is 0.272 e. The van der Waals surface area contributed by atoms with Gasteiger partial charge < -0.3 is 10.5 Å². The van der Waals surface area contributed by atoms with Crippen molar-refractivity contribution in [2.24, 2.45) is 5.73 Å². The number of halogens is 1. The van der Waals surface area contributed by atoms with E-state index in [1.165, 1.54) is 6.07 Å². The summed E-state index contributed by atoms with van der Waals surface area (Å²) in [6.45, 7) is 3.58. The van der Waals surface area contributed by atoms with Crippen LogP contribution in [0.5, 0.6) is 11.5 Å². The quantitative estimate of drug-likeness (QED) is 0.651. The van der Waals surface area contributed by atoms with Gasteiger partial charge in [0.2, 0.25) is 0 Å². The number of ether oxygens (including phenoxy) is 1. The zero-order valence-corrected chi connectivity index (χ0v) is 13.3. The Labute approximate surface area is 131 Å². The van der Waals surface area contributed by atoms with E-state index in [4.69, 9.17) is 10.5 Å². The number of benzene rings is 2. The van der Waals surface area contributed by atoms with Crippen molar-refractivity contribution in [1.82, 2.24) is 0 Å². The maximum atomic E-state index is 10.8. The van der Waals surface area contributed by atoms with Gasteiger partial charge in [-0.25, -0.2) is 0 Å². The Kier molecular flexibility index (Phi) is 4.59. The van der Waals surface area contributed by atoms with Gasteiger partial charge in [-0.3, -0.25) is 10.1 Å². The molecular weight excluding hydrogens is 336 g/mol. The molecule has 0 spiro atoms. The van der Waals surface area contributed by atoms with Gasteiger partial charge in [0.15, 0.2) is 0 Å². The molecule has 6 heteroatoms. The fraction of sp³-hybridized carbons (Fsp3) is 0.200. The summed E-state index contributed by atoms with van der Waals surface area (Å²) in [6, 6.07) is 10.1. The number of nitro benzene ring substituents is 1. The minimum Gasteiger partial charge on any atom is -0.457 e. The Morgan fingerprint density at radius 3 is 2.38 bits per heavy atom. The van der Waals surface area contributed by atoms with Crippen molar-refractivity contribution in [2.75, 3.05) is 0 Å². The number of rotatable bonds is 4. The normalized spacial score (nSPS) is 12.0. The molecule has 21 heavy (non-hydrogen) atoms. The second-order valence-electron chi connectivity index (χ2n) is 4.78. The van der Waals surface area contributed by atoms with Crippen molar-refractivity contribution in [2.45, 2.75) is 19.9 Å². The molecule has 2 N–H and O–H groups in total. The van der Waals surface area contributed by atoms with Crippen LogP contribution in [-0.4, -0.2) is 4.92 Å². The van der Waals surface area contributed by atoms with Crippen molar-refractivity contribution < 1.29 is 9.66 Å². The van der Waals surface area contributed by atoms with E-state index < -0.39 is 4.92 Å². The first-order valence-electron chi connectivity index (χ1n) is 6.36. The van der Waals surface area contributed by atoms with E-state index in [0.717, 1.165) is 10.0 Å². The van der Waals surface area contributed by atoms with E-state index >= 15 is 0 Å². The number of nitrogens with two attached hydrogens (primary N) is 1. The molecule has 110 valence electrons. The molecule has 0 aromatic heterocycles. The van der Waals surface area contributed by atoms with E-state index in [2.05, 4.69) is 15.9 Å². The third-order valence-electron chi connectivity index (χ3n) is 3.06. The average Bonchev–Trinajstić information content (AvgIpc) is 2.37. The van der Waals surface area contributed by atoms with Gasteiger partial charge in [-0.2, -0.15) is 0 Å². The Bertz CT molecular complexity index is 687. The van der Waals surface area contributed by atoms with E-state index in [-0.39, 0.29) is 11.7 Å². The summed E-state index contributed by atoms with van der Waals surface area (Å²) in [5.74, 6) is 1.19. The number of nitrogens with zero attached hydrogens (tertiary/aromatic N) is 1. The molecule has 0 aliphatic rings. The SMILES string of the molecule is Cc1cc(Oc2ccc([C@H](C)N)c(Br)c2)ccc1[N+](=O)[O-]. The van der Waals surface area contributed by atoms with Gasteiger partial charge in [-0.05, 0) is 43.7 Å². The molecule has 0 radical (unpaired) electrons. The predicted octanol–water partition coefficient (Wildman–Crippen LogP) is 4.48. The van der Waals surface area contributed by atoms with Gasteiger partial charge in [-0.1, -0.05) is 22.0 Å². The minimum atomic E-state index is -0.410. The Morgan fingerprint density at radius 1 is 1.24 bits per heavy atom. The Balaban J connectivity index is 2.24. The number of aryl methyl sites for hydroxylation is 1. The monoisotopic (exact) mass is 350 g/mol. The second kappa shape index (κ2) is 6.24. The van der Waals surface area contributed by atoms with Crippen LogP contribution in [0.2, 0.25) is 0 Å². The largest absolute Gasteiger partial charge is 0.457 e. The Hall–Kier alpha value is -1.92. The van der Waals surface area contributed by atoms with Crippen LogP contribution in [0.15, 0.2) is 40.9 Å². The summed E-state index contributed by atoms with van der Waals surface area (Å²) in [5, 5.41) is 10.8. The highest BCUT2D eigenvalue weighted by Crippen LogP contribution is 2.31. The van der Waals surface area contributed by atoms with E-state index in [9.17, 15) is 10.1 Å². The molecule has 0 heterocycles. The molecule has 0 aliphatic carbocycles. The highest BCUT2D eigenvalue weighted by molar-refractivity contribution is 9.10. The molecule has 2 aromatic rings. The van der Waals surface area contributed by atoms with Gasteiger partial charge >= 0.3 is 0 Å². The summed E-state index contributed by atoms with van der Waals surface area (Å²) < 4.78 is 6.59. The van der Waals surface area contributed by atoms with Crippen molar-refractivity contribution in [3.8, 4) is 11.5 Å². The summed E-state index contributed by atoms with van der Waals surface area (Å²) in [6.07, 6.45) is 0. The highest BCUT2D eigenvalue weighted by Gasteiger charge is 2.12. The fourth-order valence-electron chi connectivity index (χ4n) is 1.97. The second-order valence-corrected chi connectivity index (χ2v) is 5.63. The van der Waals surface area contributed by atoms with E-state index in [1.54, 1.807) is 19.1 Å². The molecule has 0 fully saturated rings. The van der Waals surface area contributed by atoms with Crippen LogP contribution >= 0.6 is 15.9 Å². The lowest BCUT2D eigenvalue weighted by Gasteiger charge is -2.11. The van der Waals surface area contributed by atoms with Gasteiger partial charge in [0.1, 0.15) is 11.5 Å². The minimum absolute atomic E-state index is 0.0740. The molecule has 0 bridgehead atoms. The first kappa shape index (κ1) is 15.5. The number of hydrogen-bond acceptors (Lipinski definition) is 4. The summed E-state index contributed by atoms with van der Waals surface area (Å²) in [4.78, 5) is 10.4. The molecule has 0 saturated carbocycles. The van der Waals surface area contributed by atoms with Crippen molar-refractivity contribution in [3.05, 3.63) is 62.1 Å². The van der Waals surface area contributed by atoms with Gasteiger partial charge in [-0.15, -0.1) is 0 Å². The lowest BCUT2D eigenvalue weighted by atomic mass is 10.1. The van der Waals surface area contributed by atoms with Gasteiger partial charge in [0.25, 0.3) is 5.69 Å². The molecule has 0 saturated heterocycles. The van der Waals surface area contributed by atoms with Crippen LogP contribution < -0.4 is 10.5 Å². The zero-order chi connectivity index (χ0) is 15.6. The third kappa shape index (κ3) is 3.59. The van der Waals surface area contributed by atoms with E-state index in [1.807, 2.05) is 25.1 Å². The van der Waals surface area contributed by atoms with Crippen LogP contribution in [0.25, 0.3) is 0 Å². The molecule has 0 aliphatic heterocycles. The van der Waals surface area contributed by atoms with Crippen molar-refractivity contribution >= 4 is 21.6 Å². The summed E-state index contributed by atoms with van der Waals surface area (Å²) >= 11 is 3.46. The molecule has 0 unspecified atom stereocenters. The summed E-state index contributed by atoms with van der Waals surface area (Å²) in [5.41, 5.74) is 7.47. The molecule has 0 amide bonds. The molecular formula is C15H15BrN2O3. The maximum absolute atomic E-state index is 10.8. The highest BCUT2D eigenvalue weighted by atomic mass is 79.9. The Morgan fingerprint density at radius 2 is 1.86 bits per heavy atom. The van der Waals surface area contributed by atoms with Gasteiger partial charge in [0.05, 0.1) is 4.92 Å². The van der Waals surface area contributed by atoms with Crippen LogP contribution in [-0.2, 0) is 0 Å². The molecule has 5 nitrogen and oxygen atoms in total. The van der Waals surface area contributed by atoms with E-state index in [0.29, 0.717) is 17.1 Å². The standard InChI is InChI=1S/C15H15BrN2O3/c1-9-7-11(4-6-15(9)18(19)20)21-12-3-5-13(10(2)17)14(16)8-12/h3-8,10H,17H2,1-2H3/t10-/m0/s1. The maximum Gasteiger partial charge on any atom is 0.272 e. The molecule has 1 atom stereocenters. The fourth-order valence-corrected chi connectivity index (χ4v) is 2.69. The lowest BCUT2D eigenvalue weighted by Crippen LogP contribution is -2.05. The first-order chi connectivity index (χ1) is 9.88. The van der Waals surface area contributed by atoms with Crippen LogP contribution in [0, 0.1) is 17.0 Å². The lowest BCUT2D eigenvalue weighted by molar-refractivity contribution is -0.385. The van der Waals surface area contributed by atoms with Crippen LogP contribution in [0.4, 0.5) is 5.69 Å². The average molecular weight is 351 g/mol. The zero-order valence-electron chi connectivity index (χ0n) is 11.7. The number of nitro groups is 1. The predicted molar refractivity (Wildman–Crippen MR) is 84.7 cm³/mol. The van der Waals surface area contributed by atoms with Crippen LogP contribution in [0.3, 0.4) is 0 Å². The first-order valence-corrected chi connectivity index (χ1v) is 7.15. The third-order valence-corrected chi connectivity index (χ3v) is 3.75. The van der Waals surface area contributed by atoms with Gasteiger partial charge in [0, 0.05) is 22.1 Å². The van der Waals surface area contributed by atoms with Crippen molar-refractivity contribution in [1.29, 1.82) is 0 Å². The molecule has 2 rings (SSSR count). The number of hydrogen-bond donors (Lipinski definition) is 1. The summed E-state index contributed by atoms with van der Waals surface area (Å²) in [7, 11) is 0. The van der Waals surface area contributed by atoms with Crippen molar-refractivity contribution in [3.63, 3.8) is 0 Å². The molecule has 2 aromatic carbocycles.